The molecule has 160 valence electrons. The average Bonchev–Trinajstić information content (AvgIpc) is 3.23. The van der Waals surface area contributed by atoms with Crippen LogP contribution < -0.4 is 10.1 Å². The molecule has 2 N–H and O–H groups in total. The van der Waals surface area contributed by atoms with E-state index in [0.717, 1.165) is 86.6 Å². The van der Waals surface area contributed by atoms with E-state index in [0.29, 0.717) is 6.61 Å². The number of aryl methyl sites for hydroxylation is 2. The van der Waals surface area contributed by atoms with Crippen LogP contribution in [0.3, 0.4) is 0 Å². The van der Waals surface area contributed by atoms with Gasteiger partial charge in [-0.1, -0.05) is 25.3 Å². The maximum absolute atomic E-state index is 11.3. The molecule has 2 aromatic heterocycles. The van der Waals surface area contributed by atoms with E-state index in [1.54, 1.807) is 0 Å². The van der Waals surface area contributed by atoms with E-state index in [1.807, 2.05) is 12.1 Å². The molecule has 30 heavy (non-hydrogen) atoms. The van der Waals surface area contributed by atoms with Crippen molar-refractivity contribution in [2.24, 2.45) is 0 Å². The van der Waals surface area contributed by atoms with Crippen molar-refractivity contribution in [3.05, 3.63) is 46.9 Å². The smallest absolute Gasteiger partial charge is 0.304 e. The van der Waals surface area contributed by atoms with E-state index in [2.05, 4.69) is 17.4 Å². The topological polar surface area (TPSA) is 84.3 Å². The van der Waals surface area contributed by atoms with Crippen LogP contribution in [-0.2, 0) is 24.1 Å². The standard InChI is InChI=1S/C24H31N3O3/c28-23(29)16-18(20-11-12-22-21(27-20)13-15-30-22)6-3-1-2-4-8-19-10-9-17-7-5-14-25-24(17)26-19/h9-12,18H,1-8,13-16H2,(H,25,26)(H,28,29). The number of pyridine rings is 2. The summed E-state index contributed by atoms with van der Waals surface area (Å²) in [6.45, 7) is 1.69. The van der Waals surface area contributed by atoms with Crippen LogP contribution in [0.25, 0.3) is 0 Å². The van der Waals surface area contributed by atoms with Crippen LogP contribution in [0.2, 0.25) is 0 Å². The lowest BCUT2D eigenvalue weighted by Gasteiger charge is -2.17. The monoisotopic (exact) mass is 409 g/mol. The van der Waals surface area contributed by atoms with Crippen LogP contribution in [0.1, 0.15) is 73.5 Å². The van der Waals surface area contributed by atoms with E-state index in [4.69, 9.17) is 14.7 Å². The van der Waals surface area contributed by atoms with Gasteiger partial charge in [0, 0.05) is 30.3 Å². The molecule has 6 nitrogen and oxygen atoms in total. The summed E-state index contributed by atoms with van der Waals surface area (Å²) in [6.07, 6.45) is 9.50. The zero-order valence-corrected chi connectivity index (χ0v) is 17.5. The van der Waals surface area contributed by atoms with Crippen LogP contribution >= 0.6 is 0 Å². The molecule has 0 bridgehead atoms. The fraction of sp³-hybridized carbons (Fsp3) is 0.542. The lowest BCUT2D eigenvalue weighted by molar-refractivity contribution is -0.137. The molecule has 2 aromatic rings. The number of ether oxygens (including phenoxy) is 1. The molecule has 6 heteroatoms. The number of rotatable bonds is 10. The quantitative estimate of drug-likeness (QED) is 0.561. The highest BCUT2D eigenvalue weighted by molar-refractivity contribution is 5.67. The van der Waals surface area contributed by atoms with E-state index in [1.165, 1.54) is 12.0 Å². The van der Waals surface area contributed by atoms with E-state index >= 15 is 0 Å². The minimum atomic E-state index is -0.759. The predicted octanol–water partition coefficient (Wildman–Crippen LogP) is 4.52. The van der Waals surface area contributed by atoms with Gasteiger partial charge >= 0.3 is 5.97 Å². The normalized spacial score (nSPS) is 15.6. The summed E-state index contributed by atoms with van der Waals surface area (Å²) in [5.41, 5.74) is 4.36. The van der Waals surface area contributed by atoms with Crippen molar-refractivity contribution in [1.82, 2.24) is 9.97 Å². The Labute approximate surface area is 178 Å². The predicted molar refractivity (Wildman–Crippen MR) is 116 cm³/mol. The molecule has 4 heterocycles. The van der Waals surface area contributed by atoms with Gasteiger partial charge in [0.2, 0.25) is 0 Å². The van der Waals surface area contributed by atoms with Gasteiger partial charge in [0.25, 0.3) is 0 Å². The largest absolute Gasteiger partial charge is 0.491 e. The Morgan fingerprint density at radius 3 is 2.90 bits per heavy atom. The molecule has 0 saturated heterocycles. The Morgan fingerprint density at radius 2 is 2.00 bits per heavy atom. The summed E-state index contributed by atoms with van der Waals surface area (Å²) < 4.78 is 5.52. The number of hydrogen-bond acceptors (Lipinski definition) is 5. The molecule has 2 aliphatic heterocycles. The Balaban J connectivity index is 1.22. The highest BCUT2D eigenvalue weighted by atomic mass is 16.5. The summed E-state index contributed by atoms with van der Waals surface area (Å²) in [7, 11) is 0. The first-order valence-corrected chi connectivity index (χ1v) is 11.3. The van der Waals surface area contributed by atoms with Crippen molar-refractivity contribution in [3.8, 4) is 5.75 Å². The summed E-state index contributed by atoms with van der Waals surface area (Å²) in [5, 5.41) is 12.7. The highest BCUT2D eigenvalue weighted by Crippen LogP contribution is 2.30. The molecule has 0 saturated carbocycles. The van der Waals surface area contributed by atoms with Crippen molar-refractivity contribution in [1.29, 1.82) is 0 Å². The van der Waals surface area contributed by atoms with Crippen molar-refractivity contribution < 1.29 is 14.6 Å². The lowest BCUT2D eigenvalue weighted by Crippen LogP contribution is -2.13. The Hall–Kier alpha value is -2.63. The first kappa shape index (κ1) is 20.6. The third-order valence-electron chi connectivity index (χ3n) is 6.08. The molecule has 1 atom stereocenters. The number of anilines is 1. The van der Waals surface area contributed by atoms with Gasteiger partial charge in [-0.05, 0) is 55.9 Å². The molecule has 0 aromatic carbocycles. The fourth-order valence-corrected chi connectivity index (χ4v) is 4.42. The van der Waals surface area contributed by atoms with Gasteiger partial charge in [0.1, 0.15) is 11.6 Å². The molecular weight excluding hydrogens is 378 g/mol. The SMILES string of the molecule is O=C(O)CC(CCCCCCc1ccc2c(n1)NCCC2)c1ccc2c(n1)CCO2. The second kappa shape index (κ2) is 9.92. The molecule has 0 amide bonds. The Kier molecular flexibility index (Phi) is 6.82. The second-order valence-corrected chi connectivity index (χ2v) is 8.37. The van der Waals surface area contributed by atoms with Crippen LogP contribution in [0.15, 0.2) is 24.3 Å². The average molecular weight is 410 g/mol. The number of aliphatic carboxylic acids is 1. The van der Waals surface area contributed by atoms with Crippen molar-refractivity contribution >= 4 is 11.8 Å². The molecule has 0 spiro atoms. The zero-order chi connectivity index (χ0) is 20.8. The lowest BCUT2D eigenvalue weighted by atomic mass is 9.93. The van der Waals surface area contributed by atoms with Gasteiger partial charge in [-0.3, -0.25) is 9.78 Å². The van der Waals surface area contributed by atoms with Gasteiger partial charge in [-0.2, -0.15) is 0 Å². The number of carboxylic acids is 1. The van der Waals surface area contributed by atoms with Gasteiger partial charge in [-0.15, -0.1) is 0 Å². The second-order valence-electron chi connectivity index (χ2n) is 8.37. The van der Waals surface area contributed by atoms with Crippen molar-refractivity contribution in [2.75, 3.05) is 18.5 Å². The number of hydrogen-bond donors (Lipinski definition) is 2. The first-order chi connectivity index (χ1) is 14.7. The summed E-state index contributed by atoms with van der Waals surface area (Å²) in [5.74, 6) is 1.13. The number of nitrogens with one attached hydrogen (secondary N) is 1. The van der Waals surface area contributed by atoms with E-state index in [9.17, 15) is 9.90 Å². The molecule has 4 rings (SSSR count). The van der Waals surface area contributed by atoms with Gasteiger partial charge < -0.3 is 15.2 Å². The molecular formula is C24H31N3O3. The summed E-state index contributed by atoms with van der Waals surface area (Å²) in [6, 6.07) is 8.26. The van der Waals surface area contributed by atoms with Crippen LogP contribution in [-0.4, -0.2) is 34.2 Å². The molecule has 0 radical (unpaired) electrons. The Bertz CT molecular complexity index is 884. The number of carboxylic acid groups (broad SMARTS) is 1. The number of nitrogens with zero attached hydrogens (tertiary/aromatic N) is 2. The van der Waals surface area contributed by atoms with E-state index < -0.39 is 5.97 Å². The summed E-state index contributed by atoms with van der Waals surface area (Å²) >= 11 is 0. The van der Waals surface area contributed by atoms with Crippen LogP contribution in [0.5, 0.6) is 5.75 Å². The minimum absolute atomic E-state index is 0.0261. The fourth-order valence-electron chi connectivity index (χ4n) is 4.42. The summed E-state index contributed by atoms with van der Waals surface area (Å²) in [4.78, 5) is 20.8. The number of aromatic nitrogens is 2. The number of carbonyl (C=O) groups is 1. The third-order valence-corrected chi connectivity index (χ3v) is 6.08. The molecule has 2 aliphatic rings. The molecule has 1 unspecified atom stereocenters. The number of fused-ring (bicyclic) bond motifs is 2. The third kappa shape index (κ3) is 5.29. The first-order valence-electron chi connectivity index (χ1n) is 11.3. The van der Waals surface area contributed by atoms with Crippen LogP contribution in [0, 0.1) is 0 Å². The van der Waals surface area contributed by atoms with Gasteiger partial charge in [0.15, 0.2) is 0 Å². The zero-order valence-electron chi connectivity index (χ0n) is 17.5. The van der Waals surface area contributed by atoms with Crippen molar-refractivity contribution in [2.45, 2.75) is 70.1 Å². The molecule has 0 aliphatic carbocycles. The Morgan fingerprint density at radius 1 is 1.10 bits per heavy atom. The minimum Gasteiger partial charge on any atom is -0.491 e. The molecule has 0 fully saturated rings. The van der Waals surface area contributed by atoms with E-state index in [-0.39, 0.29) is 12.3 Å². The maximum atomic E-state index is 11.3. The maximum Gasteiger partial charge on any atom is 0.304 e. The van der Waals surface area contributed by atoms with Crippen molar-refractivity contribution in [3.63, 3.8) is 0 Å². The number of unbranched alkanes of at least 4 members (excludes halogenated alkanes) is 3. The highest BCUT2D eigenvalue weighted by Gasteiger charge is 2.20. The van der Waals surface area contributed by atoms with Gasteiger partial charge in [-0.25, -0.2) is 4.98 Å². The van der Waals surface area contributed by atoms with Crippen LogP contribution in [0.4, 0.5) is 5.82 Å². The van der Waals surface area contributed by atoms with Gasteiger partial charge in [0.05, 0.1) is 18.7 Å².